The Balaban J connectivity index is 2.02. The van der Waals surface area contributed by atoms with Gasteiger partial charge in [0.05, 0.1) is 5.92 Å². The van der Waals surface area contributed by atoms with Crippen molar-refractivity contribution in [3.05, 3.63) is 47.2 Å². The third-order valence-corrected chi connectivity index (χ3v) is 3.04. The average molecular weight is 333 g/mol. The van der Waals surface area contributed by atoms with E-state index in [-0.39, 0.29) is 12.2 Å². The first-order valence-corrected chi connectivity index (χ1v) is 6.61. The van der Waals surface area contributed by atoms with E-state index in [1.807, 2.05) is 0 Å². The second-order valence-corrected chi connectivity index (χ2v) is 5.08. The zero-order chi connectivity index (χ0) is 16.3. The fraction of sp³-hybridized carbons (Fsp3) is 0.214. The van der Waals surface area contributed by atoms with Gasteiger partial charge >= 0.3 is 6.36 Å². The Kier molecular flexibility index (Phi) is 4.65. The summed E-state index contributed by atoms with van der Waals surface area (Å²) in [5.41, 5.74) is 6.34. The molecule has 118 valence electrons. The number of hydrogen-bond donors (Lipinski definition) is 2. The molecule has 0 heterocycles. The summed E-state index contributed by atoms with van der Waals surface area (Å²) in [5.74, 6) is -1.57. The molecule has 1 aromatic carbocycles. The smallest absolute Gasteiger partial charge is 0.410 e. The van der Waals surface area contributed by atoms with E-state index in [4.69, 9.17) is 17.3 Å². The highest BCUT2D eigenvalue weighted by atomic mass is 35.5. The molecule has 1 aliphatic rings. The van der Waals surface area contributed by atoms with Gasteiger partial charge in [-0.1, -0.05) is 23.8 Å². The van der Waals surface area contributed by atoms with Crippen molar-refractivity contribution in [3.8, 4) is 0 Å². The number of nitrogens with two attached hydrogens (primary N) is 1. The number of benzene rings is 1. The van der Waals surface area contributed by atoms with E-state index in [2.05, 4.69) is 10.1 Å². The van der Waals surface area contributed by atoms with E-state index in [0.717, 1.165) is 0 Å². The number of allylic oxidation sites excluding steroid dienone is 3. The van der Waals surface area contributed by atoms with Gasteiger partial charge in [0.2, 0.25) is 5.91 Å². The largest absolute Gasteiger partial charge is 0.572 e. The number of ether oxygens (including phenoxy) is 1. The summed E-state index contributed by atoms with van der Waals surface area (Å²) in [4.78, 5) is 12.1. The third kappa shape index (κ3) is 4.70. The molecule has 0 aromatic heterocycles. The number of halogens is 4. The van der Waals surface area contributed by atoms with Crippen LogP contribution in [-0.2, 0) is 9.53 Å². The van der Waals surface area contributed by atoms with Gasteiger partial charge in [-0.15, -0.1) is 13.2 Å². The Bertz CT molecular complexity index is 621. The standard InChI is InChI=1S/C14H12ClF3N2O2/c15-9-5-10(19)7-11(6-9)20-13(21)8-2-1-3-12(4-8)22-14(16,17)18/h1-3,5-8H,4,19H2,(H,20,21). The Hall–Kier alpha value is -2.15. The highest BCUT2D eigenvalue weighted by Crippen LogP contribution is 2.28. The molecule has 0 radical (unpaired) electrons. The quantitative estimate of drug-likeness (QED) is 0.826. The molecule has 1 unspecified atom stereocenters. The predicted octanol–water partition coefficient (Wildman–Crippen LogP) is 3.86. The van der Waals surface area contributed by atoms with Crippen molar-refractivity contribution in [1.29, 1.82) is 0 Å². The molecular weight excluding hydrogens is 321 g/mol. The summed E-state index contributed by atoms with van der Waals surface area (Å²) in [6.45, 7) is 0. The number of nitrogen functional groups attached to an aromatic ring is 1. The summed E-state index contributed by atoms with van der Waals surface area (Å²) in [6, 6.07) is 4.50. The first kappa shape index (κ1) is 16.2. The van der Waals surface area contributed by atoms with Crippen LogP contribution in [0, 0.1) is 5.92 Å². The van der Waals surface area contributed by atoms with Crippen LogP contribution >= 0.6 is 11.6 Å². The molecule has 0 saturated heterocycles. The van der Waals surface area contributed by atoms with Gasteiger partial charge in [0.25, 0.3) is 0 Å². The van der Waals surface area contributed by atoms with Crippen LogP contribution in [0.25, 0.3) is 0 Å². The number of anilines is 2. The Morgan fingerprint density at radius 1 is 1.36 bits per heavy atom. The van der Waals surface area contributed by atoms with Gasteiger partial charge in [0, 0.05) is 22.8 Å². The minimum atomic E-state index is -4.78. The van der Waals surface area contributed by atoms with Crippen LogP contribution < -0.4 is 11.1 Å². The molecule has 22 heavy (non-hydrogen) atoms. The van der Waals surface area contributed by atoms with Gasteiger partial charge in [-0.3, -0.25) is 4.79 Å². The summed E-state index contributed by atoms with van der Waals surface area (Å²) in [6.07, 6.45) is -0.945. The highest BCUT2D eigenvalue weighted by molar-refractivity contribution is 6.31. The summed E-state index contributed by atoms with van der Waals surface area (Å²) in [5, 5.41) is 2.90. The molecule has 0 fully saturated rings. The number of rotatable bonds is 3. The molecule has 1 aromatic rings. The number of carbonyl (C=O) groups excluding carboxylic acids is 1. The molecule has 0 saturated carbocycles. The van der Waals surface area contributed by atoms with Crippen molar-refractivity contribution in [2.45, 2.75) is 12.8 Å². The summed E-state index contributed by atoms with van der Waals surface area (Å²) in [7, 11) is 0. The van der Waals surface area contributed by atoms with E-state index in [1.54, 1.807) is 0 Å². The molecule has 0 bridgehead atoms. The Morgan fingerprint density at radius 2 is 2.09 bits per heavy atom. The lowest BCUT2D eigenvalue weighted by molar-refractivity contribution is -0.306. The SMILES string of the molecule is Nc1cc(Cl)cc(NC(=O)C2C=CC=C(OC(F)(F)F)C2)c1. The fourth-order valence-corrected chi connectivity index (χ4v) is 2.22. The molecule has 2 rings (SSSR count). The van der Waals surface area contributed by atoms with E-state index in [9.17, 15) is 18.0 Å². The van der Waals surface area contributed by atoms with Crippen molar-refractivity contribution >= 4 is 28.9 Å². The topological polar surface area (TPSA) is 64.3 Å². The van der Waals surface area contributed by atoms with Crippen molar-refractivity contribution in [3.63, 3.8) is 0 Å². The lowest BCUT2D eigenvalue weighted by Gasteiger charge is -2.19. The maximum absolute atomic E-state index is 12.2. The van der Waals surface area contributed by atoms with Gasteiger partial charge < -0.3 is 15.8 Å². The molecule has 0 spiro atoms. The minimum Gasteiger partial charge on any atom is -0.410 e. The van der Waals surface area contributed by atoms with Gasteiger partial charge in [0.15, 0.2) is 0 Å². The van der Waals surface area contributed by atoms with Gasteiger partial charge in [0.1, 0.15) is 5.76 Å². The van der Waals surface area contributed by atoms with Crippen LogP contribution in [0.1, 0.15) is 6.42 Å². The monoisotopic (exact) mass is 332 g/mol. The molecule has 4 nitrogen and oxygen atoms in total. The first-order valence-electron chi connectivity index (χ1n) is 6.23. The molecule has 3 N–H and O–H groups in total. The Labute approximate surface area is 129 Å². The molecule has 1 amide bonds. The van der Waals surface area contributed by atoms with Crippen molar-refractivity contribution in [2.75, 3.05) is 11.1 Å². The number of hydrogen-bond acceptors (Lipinski definition) is 3. The maximum Gasteiger partial charge on any atom is 0.572 e. The van der Waals surface area contributed by atoms with Crippen LogP contribution in [0.15, 0.2) is 42.2 Å². The number of amides is 1. The van der Waals surface area contributed by atoms with E-state index in [1.165, 1.54) is 36.4 Å². The first-order chi connectivity index (χ1) is 10.2. The molecule has 8 heteroatoms. The second-order valence-electron chi connectivity index (χ2n) is 4.64. The van der Waals surface area contributed by atoms with Crippen LogP contribution in [-0.4, -0.2) is 12.3 Å². The molecular formula is C14H12ClF3N2O2. The zero-order valence-corrected chi connectivity index (χ0v) is 11.9. The second kappa shape index (κ2) is 6.31. The van der Waals surface area contributed by atoms with E-state index in [0.29, 0.717) is 16.4 Å². The summed E-state index contributed by atoms with van der Waals surface area (Å²) < 4.78 is 40.4. The Morgan fingerprint density at radius 3 is 2.73 bits per heavy atom. The van der Waals surface area contributed by atoms with Crippen molar-refractivity contribution in [1.82, 2.24) is 0 Å². The van der Waals surface area contributed by atoms with E-state index >= 15 is 0 Å². The van der Waals surface area contributed by atoms with E-state index < -0.39 is 18.2 Å². The normalized spacial score (nSPS) is 17.8. The number of nitrogens with one attached hydrogen (secondary N) is 1. The van der Waals surface area contributed by atoms with Crippen LogP contribution in [0.5, 0.6) is 0 Å². The van der Waals surface area contributed by atoms with Gasteiger partial charge in [-0.2, -0.15) is 0 Å². The number of carbonyl (C=O) groups is 1. The average Bonchev–Trinajstić information content (AvgIpc) is 2.35. The van der Waals surface area contributed by atoms with Crippen molar-refractivity contribution < 1.29 is 22.7 Å². The maximum atomic E-state index is 12.2. The molecule has 1 aliphatic carbocycles. The third-order valence-electron chi connectivity index (χ3n) is 2.82. The molecule has 0 aliphatic heterocycles. The lowest BCUT2D eigenvalue weighted by Crippen LogP contribution is -2.24. The van der Waals surface area contributed by atoms with Crippen LogP contribution in [0.4, 0.5) is 24.5 Å². The van der Waals surface area contributed by atoms with Crippen LogP contribution in [0.2, 0.25) is 5.02 Å². The lowest BCUT2D eigenvalue weighted by atomic mass is 9.98. The van der Waals surface area contributed by atoms with Crippen LogP contribution in [0.3, 0.4) is 0 Å². The number of alkyl halides is 3. The fourth-order valence-electron chi connectivity index (χ4n) is 1.97. The highest BCUT2D eigenvalue weighted by Gasteiger charge is 2.33. The molecule has 1 atom stereocenters. The minimum absolute atomic E-state index is 0.183. The zero-order valence-electron chi connectivity index (χ0n) is 11.2. The van der Waals surface area contributed by atoms with Gasteiger partial charge in [-0.05, 0) is 24.3 Å². The van der Waals surface area contributed by atoms with Crippen molar-refractivity contribution in [2.24, 2.45) is 5.92 Å². The van der Waals surface area contributed by atoms with Gasteiger partial charge in [-0.25, -0.2) is 0 Å². The summed E-state index contributed by atoms with van der Waals surface area (Å²) >= 11 is 5.82. The predicted molar refractivity (Wildman–Crippen MR) is 77.0 cm³/mol.